The van der Waals surface area contributed by atoms with Crippen molar-refractivity contribution in [3.05, 3.63) is 35.0 Å². The summed E-state index contributed by atoms with van der Waals surface area (Å²) < 4.78 is 2.17. The van der Waals surface area contributed by atoms with Crippen LogP contribution in [0.15, 0.2) is 18.2 Å². The predicted octanol–water partition coefficient (Wildman–Crippen LogP) is 2.93. The lowest BCUT2D eigenvalue weighted by Gasteiger charge is -2.04. The van der Waals surface area contributed by atoms with Crippen LogP contribution in [0.3, 0.4) is 0 Å². The van der Waals surface area contributed by atoms with Gasteiger partial charge in [-0.05, 0) is 44.0 Å². The first-order valence-electron chi connectivity index (χ1n) is 6.40. The Hall–Kier alpha value is -1.77. The highest BCUT2D eigenvalue weighted by atomic mass is 16.1. The van der Waals surface area contributed by atoms with Crippen LogP contribution in [0.1, 0.15) is 35.0 Å². The average Bonchev–Trinajstić information content (AvgIpc) is 2.61. The maximum absolute atomic E-state index is 11.9. The maximum Gasteiger partial charge on any atom is 0.251 e. The Labute approximate surface area is 108 Å². The molecule has 1 N–H and O–H groups in total. The van der Waals surface area contributed by atoms with E-state index in [0.29, 0.717) is 0 Å². The lowest BCUT2D eigenvalue weighted by Crippen LogP contribution is -2.23. The van der Waals surface area contributed by atoms with Gasteiger partial charge >= 0.3 is 0 Å². The lowest BCUT2D eigenvalue weighted by molar-refractivity contribution is 0.0954. The van der Waals surface area contributed by atoms with Crippen molar-refractivity contribution in [3.63, 3.8) is 0 Å². The molecule has 96 valence electrons. The van der Waals surface area contributed by atoms with Crippen LogP contribution in [0.5, 0.6) is 0 Å². The molecule has 2 rings (SSSR count). The lowest BCUT2D eigenvalue weighted by atomic mass is 10.1. The van der Waals surface area contributed by atoms with Crippen molar-refractivity contribution in [2.75, 3.05) is 6.54 Å². The molecule has 0 radical (unpaired) electrons. The van der Waals surface area contributed by atoms with E-state index in [4.69, 9.17) is 0 Å². The van der Waals surface area contributed by atoms with Crippen LogP contribution in [0, 0.1) is 13.8 Å². The molecule has 0 unspecified atom stereocenters. The second kappa shape index (κ2) is 4.84. The van der Waals surface area contributed by atoms with Crippen LogP contribution in [0.4, 0.5) is 0 Å². The number of nitrogens with one attached hydrogen (secondary N) is 1. The predicted molar refractivity (Wildman–Crippen MR) is 75.0 cm³/mol. The number of aromatic nitrogens is 1. The molecular formula is C15H20N2O. The van der Waals surface area contributed by atoms with Gasteiger partial charge in [-0.3, -0.25) is 4.79 Å². The second-order valence-electron chi connectivity index (χ2n) is 4.76. The van der Waals surface area contributed by atoms with Crippen molar-refractivity contribution in [3.8, 4) is 0 Å². The van der Waals surface area contributed by atoms with Crippen LogP contribution in [0.25, 0.3) is 10.9 Å². The average molecular weight is 244 g/mol. The molecule has 1 heterocycles. The van der Waals surface area contributed by atoms with Crippen LogP contribution in [0.2, 0.25) is 0 Å². The highest BCUT2D eigenvalue weighted by Crippen LogP contribution is 2.25. The molecule has 0 fully saturated rings. The van der Waals surface area contributed by atoms with Gasteiger partial charge in [-0.25, -0.2) is 0 Å². The smallest absolute Gasteiger partial charge is 0.251 e. The number of amides is 1. The van der Waals surface area contributed by atoms with E-state index >= 15 is 0 Å². The molecule has 0 bridgehead atoms. The summed E-state index contributed by atoms with van der Waals surface area (Å²) >= 11 is 0. The molecule has 18 heavy (non-hydrogen) atoms. The topological polar surface area (TPSA) is 34.0 Å². The number of fused-ring (bicyclic) bond motifs is 1. The first-order valence-corrected chi connectivity index (χ1v) is 6.40. The number of benzene rings is 1. The van der Waals surface area contributed by atoms with Gasteiger partial charge in [-0.15, -0.1) is 0 Å². The molecule has 1 aromatic heterocycles. The fraction of sp³-hybridized carbons (Fsp3) is 0.400. The van der Waals surface area contributed by atoms with Crippen LogP contribution in [-0.4, -0.2) is 17.0 Å². The molecule has 2 aromatic rings. The number of carbonyl (C=O) groups excluding carboxylic acids is 1. The molecule has 3 heteroatoms. The Morgan fingerprint density at radius 1 is 1.33 bits per heavy atom. The Kier molecular flexibility index (Phi) is 3.41. The standard InChI is InChI=1S/C15H20N2O/c1-5-8-16-15(18)12-6-7-14-13(9-12)10(2)11(3)17(14)4/h6-7,9H,5,8H2,1-4H3,(H,16,18). The number of aryl methyl sites for hydroxylation is 2. The zero-order chi connectivity index (χ0) is 13.3. The number of hydrogen-bond donors (Lipinski definition) is 1. The quantitative estimate of drug-likeness (QED) is 0.885. The van der Waals surface area contributed by atoms with Gasteiger partial charge in [0.1, 0.15) is 0 Å². The van der Waals surface area contributed by atoms with E-state index < -0.39 is 0 Å². The fourth-order valence-electron chi connectivity index (χ4n) is 2.24. The zero-order valence-electron chi connectivity index (χ0n) is 11.5. The molecule has 0 atom stereocenters. The Morgan fingerprint density at radius 2 is 2.06 bits per heavy atom. The van der Waals surface area contributed by atoms with E-state index in [1.165, 1.54) is 22.2 Å². The SMILES string of the molecule is CCCNC(=O)c1ccc2c(c1)c(C)c(C)n2C. The van der Waals surface area contributed by atoms with Gasteiger partial charge in [0.25, 0.3) is 5.91 Å². The van der Waals surface area contributed by atoms with Crippen molar-refractivity contribution in [2.24, 2.45) is 7.05 Å². The van der Waals surface area contributed by atoms with Gasteiger partial charge in [0, 0.05) is 35.8 Å². The molecule has 3 nitrogen and oxygen atoms in total. The molecule has 0 spiro atoms. The zero-order valence-corrected chi connectivity index (χ0v) is 11.5. The fourth-order valence-corrected chi connectivity index (χ4v) is 2.24. The van der Waals surface area contributed by atoms with Crippen LogP contribution >= 0.6 is 0 Å². The van der Waals surface area contributed by atoms with Gasteiger partial charge < -0.3 is 9.88 Å². The normalized spacial score (nSPS) is 10.9. The van der Waals surface area contributed by atoms with E-state index in [1.807, 2.05) is 25.1 Å². The van der Waals surface area contributed by atoms with Crippen molar-refractivity contribution >= 4 is 16.8 Å². The summed E-state index contributed by atoms with van der Waals surface area (Å²) in [5, 5.41) is 4.07. The number of rotatable bonds is 3. The van der Waals surface area contributed by atoms with E-state index in [9.17, 15) is 4.79 Å². The largest absolute Gasteiger partial charge is 0.352 e. The minimum atomic E-state index is 0.0136. The second-order valence-corrected chi connectivity index (χ2v) is 4.76. The van der Waals surface area contributed by atoms with Crippen molar-refractivity contribution in [1.29, 1.82) is 0 Å². The summed E-state index contributed by atoms with van der Waals surface area (Å²) in [6, 6.07) is 5.91. The summed E-state index contributed by atoms with van der Waals surface area (Å²) in [4.78, 5) is 11.9. The van der Waals surface area contributed by atoms with E-state index in [0.717, 1.165) is 18.5 Å². The summed E-state index contributed by atoms with van der Waals surface area (Å²) in [5.41, 5.74) is 4.41. The molecule has 0 aliphatic rings. The molecular weight excluding hydrogens is 224 g/mol. The third kappa shape index (κ3) is 2.01. The van der Waals surface area contributed by atoms with Gasteiger partial charge in [-0.1, -0.05) is 6.92 Å². The van der Waals surface area contributed by atoms with E-state index in [1.54, 1.807) is 0 Å². The molecule has 0 saturated heterocycles. The molecule has 1 aromatic carbocycles. The third-order valence-corrected chi connectivity index (χ3v) is 3.61. The third-order valence-electron chi connectivity index (χ3n) is 3.61. The first kappa shape index (κ1) is 12.7. The van der Waals surface area contributed by atoms with Crippen molar-refractivity contribution in [1.82, 2.24) is 9.88 Å². The van der Waals surface area contributed by atoms with Gasteiger partial charge in [0.05, 0.1) is 0 Å². The van der Waals surface area contributed by atoms with Crippen LogP contribution in [-0.2, 0) is 7.05 Å². The minimum absolute atomic E-state index is 0.0136. The van der Waals surface area contributed by atoms with E-state index in [2.05, 4.69) is 30.8 Å². The Balaban J connectivity index is 2.44. The van der Waals surface area contributed by atoms with Crippen molar-refractivity contribution in [2.45, 2.75) is 27.2 Å². The summed E-state index contributed by atoms with van der Waals surface area (Å²) in [6.07, 6.45) is 0.956. The highest BCUT2D eigenvalue weighted by molar-refractivity contribution is 5.99. The molecule has 0 saturated carbocycles. The van der Waals surface area contributed by atoms with Crippen LogP contribution < -0.4 is 5.32 Å². The summed E-state index contributed by atoms with van der Waals surface area (Å²) in [7, 11) is 2.06. The molecule has 0 aliphatic heterocycles. The monoisotopic (exact) mass is 244 g/mol. The number of carbonyl (C=O) groups is 1. The summed E-state index contributed by atoms with van der Waals surface area (Å²) in [5.74, 6) is 0.0136. The van der Waals surface area contributed by atoms with Gasteiger partial charge in [0.15, 0.2) is 0 Å². The Bertz CT molecular complexity index is 596. The molecule has 1 amide bonds. The van der Waals surface area contributed by atoms with Crippen molar-refractivity contribution < 1.29 is 4.79 Å². The van der Waals surface area contributed by atoms with Gasteiger partial charge in [-0.2, -0.15) is 0 Å². The Morgan fingerprint density at radius 3 is 2.72 bits per heavy atom. The minimum Gasteiger partial charge on any atom is -0.352 e. The summed E-state index contributed by atoms with van der Waals surface area (Å²) in [6.45, 7) is 6.98. The molecule has 0 aliphatic carbocycles. The number of hydrogen-bond acceptors (Lipinski definition) is 1. The highest BCUT2D eigenvalue weighted by Gasteiger charge is 2.11. The van der Waals surface area contributed by atoms with E-state index in [-0.39, 0.29) is 5.91 Å². The number of nitrogens with zero attached hydrogens (tertiary/aromatic N) is 1. The maximum atomic E-state index is 11.9. The first-order chi connectivity index (χ1) is 8.56. The van der Waals surface area contributed by atoms with Gasteiger partial charge in [0.2, 0.25) is 0 Å².